The normalized spacial score (nSPS) is 24.7. The smallest absolute Gasteiger partial charge is 0.322 e. The van der Waals surface area contributed by atoms with Crippen LogP contribution in [0.5, 0.6) is 0 Å². The highest BCUT2D eigenvalue weighted by molar-refractivity contribution is 8.01. The molecule has 1 aliphatic rings. The Bertz CT molecular complexity index is 662. The van der Waals surface area contributed by atoms with Crippen LogP contribution < -0.4 is 4.87 Å². The lowest BCUT2D eigenvalue weighted by Gasteiger charge is -2.23. The molecule has 2 atom stereocenters. The molecule has 1 aromatic heterocycles. The fourth-order valence-electron chi connectivity index (χ4n) is 1.91. The molecule has 1 saturated heterocycles. The molecule has 0 aliphatic carbocycles. The van der Waals surface area contributed by atoms with Crippen LogP contribution in [0.25, 0.3) is 0 Å². The first-order valence-electron chi connectivity index (χ1n) is 5.33. The summed E-state index contributed by atoms with van der Waals surface area (Å²) in [5.74, 6) is -0.977. The van der Waals surface area contributed by atoms with E-state index in [1.807, 2.05) is 0 Å². The van der Waals surface area contributed by atoms with Gasteiger partial charge in [-0.05, 0) is 13.8 Å². The number of aromatic nitrogens is 1. The van der Waals surface area contributed by atoms with Crippen molar-refractivity contribution in [3.05, 3.63) is 15.4 Å². The third kappa shape index (κ3) is 2.45. The van der Waals surface area contributed by atoms with Gasteiger partial charge in [-0.15, -0.1) is 11.8 Å². The molecule has 0 spiro atoms. The van der Waals surface area contributed by atoms with Crippen molar-refractivity contribution in [2.24, 2.45) is 0 Å². The monoisotopic (exact) mass is 324 g/mol. The Morgan fingerprint density at radius 1 is 1.53 bits per heavy atom. The molecule has 10 heteroatoms. The van der Waals surface area contributed by atoms with Crippen LogP contribution in [0.2, 0.25) is 0 Å². The number of hydrogen-bond donors (Lipinski definition) is 2. The maximum Gasteiger partial charge on any atom is 0.322 e. The fourth-order valence-corrected chi connectivity index (χ4v) is 6.58. The van der Waals surface area contributed by atoms with Gasteiger partial charge in [-0.2, -0.15) is 4.31 Å². The second-order valence-electron chi connectivity index (χ2n) is 4.05. The molecule has 1 fully saturated rings. The number of carbonyl (C=O) groups is 1. The van der Waals surface area contributed by atoms with E-state index in [2.05, 4.69) is 4.98 Å². The van der Waals surface area contributed by atoms with Gasteiger partial charge in [-0.3, -0.25) is 9.59 Å². The molecule has 106 valence electrons. The number of aromatic amines is 1. The number of nitrogens with zero attached hydrogens (tertiary/aromatic N) is 1. The number of carboxylic acids is 1. The number of H-pyrrole nitrogens is 1. The van der Waals surface area contributed by atoms with Crippen LogP contribution in [0.4, 0.5) is 0 Å². The molecule has 2 heterocycles. The molecule has 1 aromatic rings. The standard InChI is InChI=1S/C9H12N2O5S3/c1-4-8(18-9(14)10-4)19(15,16)11-5(2)17-3-6(11)7(12)13/h5-6H,3H2,1-2H3,(H,10,14)(H,12,13). The van der Waals surface area contributed by atoms with Crippen LogP contribution in [-0.2, 0) is 14.8 Å². The number of aliphatic carboxylic acids is 1. The van der Waals surface area contributed by atoms with Crippen LogP contribution in [-0.4, -0.2) is 46.0 Å². The lowest BCUT2D eigenvalue weighted by Crippen LogP contribution is -2.44. The number of aryl methyl sites for hydroxylation is 1. The first kappa shape index (κ1) is 14.6. The summed E-state index contributed by atoms with van der Waals surface area (Å²) < 4.78 is 25.8. The SMILES string of the molecule is Cc1[nH]c(=O)sc1S(=O)(=O)N1C(C)SCC1C(=O)O. The highest BCUT2D eigenvalue weighted by Crippen LogP contribution is 2.35. The van der Waals surface area contributed by atoms with Crippen LogP contribution >= 0.6 is 23.1 Å². The summed E-state index contributed by atoms with van der Waals surface area (Å²) in [7, 11) is -3.97. The quantitative estimate of drug-likeness (QED) is 0.827. The number of rotatable bonds is 3. The molecule has 0 amide bonds. The summed E-state index contributed by atoms with van der Waals surface area (Å²) in [4.78, 5) is 24.3. The zero-order valence-corrected chi connectivity index (χ0v) is 12.6. The summed E-state index contributed by atoms with van der Waals surface area (Å²) in [5.41, 5.74) is 0.239. The van der Waals surface area contributed by atoms with E-state index in [4.69, 9.17) is 5.11 Å². The van der Waals surface area contributed by atoms with Crippen molar-refractivity contribution < 1.29 is 18.3 Å². The number of sulfonamides is 1. The van der Waals surface area contributed by atoms with E-state index in [1.165, 1.54) is 18.7 Å². The Kier molecular flexibility index (Phi) is 3.78. The molecule has 1 aliphatic heterocycles. The maximum atomic E-state index is 12.5. The van der Waals surface area contributed by atoms with Crippen LogP contribution in [0.3, 0.4) is 0 Å². The van der Waals surface area contributed by atoms with Crippen molar-refractivity contribution in [1.29, 1.82) is 0 Å². The minimum atomic E-state index is -3.97. The van der Waals surface area contributed by atoms with E-state index in [9.17, 15) is 18.0 Å². The van der Waals surface area contributed by atoms with Gasteiger partial charge in [-0.25, -0.2) is 8.42 Å². The van der Waals surface area contributed by atoms with E-state index >= 15 is 0 Å². The number of nitrogens with one attached hydrogen (secondary N) is 1. The van der Waals surface area contributed by atoms with Gasteiger partial charge < -0.3 is 10.1 Å². The highest BCUT2D eigenvalue weighted by Gasteiger charge is 2.45. The van der Waals surface area contributed by atoms with Gasteiger partial charge in [0.25, 0.3) is 10.0 Å². The predicted molar refractivity (Wildman–Crippen MR) is 72.0 cm³/mol. The molecular weight excluding hydrogens is 312 g/mol. The first-order valence-corrected chi connectivity index (χ1v) is 8.63. The predicted octanol–water partition coefficient (Wildman–Crippen LogP) is 0.282. The molecule has 0 aromatic carbocycles. The number of thiazole rings is 1. The zero-order valence-electron chi connectivity index (χ0n) is 10.1. The summed E-state index contributed by atoms with van der Waals surface area (Å²) in [6.45, 7) is 3.12. The van der Waals surface area contributed by atoms with E-state index in [1.54, 1.807) is 6.92 Å². The Labute approximate surface area is 117 Å². The molecule has 2 unspecified atom stereocenters. The molecule has 7 nitrogen and oxygen atoms in total. The maximum absolute atomic E-state index is 12.5. The van der Waals surface area contributed by atoms with Crippen LogP contribution in [0.15, 0.2) is 9.00 Å². The molecule has 0 radical (unpaired) electrons. The summed E-state index contributed by atoms with van der Waals surface area (Å²) in [6.07, 6.45) is 0. The highest BCUT2D eigenvalue weighted by atomic mass is 32.2. The van der Waals surface area contributed by atoms with Gasteiger partial charge in [0.05, 0.1) is 5.37 Å². The second kappa shape index (κ2) is 4.93. The minimum Gasteiger partial charge on any atom is -0.480 e. The van der Waals surface area contributed by atoms with E-state index in [0.29, 0.717) is 11.3 Å². The lowest BCUT2D eigenvalue weighted by atomic mass is 10.3. The van der Waals surface area contributed by atoms with Crippen molar-refractivity contribution in [2.75, 3.05) is 5.75 Å². The van der Waals surface area contributed by atoms with Crippen molar-refractivity contribution in [3.8, 4) is 0 Å². The van der Waals surface area contributed by atoms with Crippen LogP contribution in [0.1, 0.15) is 12.6 Å². The summed E-state index contributed by atoms with van der Waals surface area (Å²) in [5, 5.41) is 8.63. The molecule has 19 heavy (non-hydrogen) atoms. The number of carboxylic acid groups (broad SMARTS) is 1. The molecule has 0 bridgehead atoms. The first-order chi connectivity index (χ1) is 8.75. The zero-order chi connectivity index (χ0) is 14.4. The van der Waals surface area contributed by atoms with E-state index in [0.717, 1.165) is 4.31 Å². The molecule has 2 rings (SSSR count). The average molecular weight is 324 g/mol. The van der Waals surface area contributed by atoms with E-state index in [-0.39, 0.29) is 15.7 Å². The summed E-state index contributed by atoms with van der Waals surface area (Å²) >= 11 is 1.84. The molecular formula is C9H12N2O5S3. The van der Waals surface area contributed by atoms with Gasteiger partial charge in [0.15, 0.2) is 4.21 Å². The number of thioether (sulfide) groups is 1. The Morgan fingerprint density at radius 3 is 2.63 bits per heavy atom. The lowest BCUT2D eigenvalue weighted by molar-refractivity contribution is -0.140. The van der Waals surface area contributed by atoms with Crippen molar-refractivity contribution >= 4 is 39.1 Å². The Morgan fingerprint density at radius 2 is 2.16 bits per heavy atom. The average Bonchev–Trinajstić information content (AvgIpc) is 2.82. The Balaban J connectivity index is 2.52. The fraction of sp³-hybridized carbons (Fsp3) is 0.556. The number of hydrogen-bond acceptors (Lipinski definition) is 6. The summed E-state index contributed by atoms with van der Waals surface area (Å²) in [6, 6.07) is -1.10. The third-order valence-corrected chi connectivity index (χ3v) is 7.65. The van der Waals surface area contributed by atoms with Crippen molar-refractivity contribution in [2.45, 2.75) is 29.5 Å². The van der Waals surface area contributed by atoms with Crippen LogP contribution in [0, 0.1) is 6.92 Å². The van der Waals surface area contributed by atoms with Gasteiger partial charge in [0.2, 0.25) is 0 Å². The second-order valence-corrected chi connectivity index (χ2v) is 8.42. The molecule has 2 N–H and O–H groups in total. The van der Waals surface area contributed by atoms with Gasteiger partial charge in [-0.1, -0.05) is 11.3 Å². The largest absolute Gasteiger partial charge is 0.480 e. The topological polar surface area (TPSA) is 108 Å². The third-order valence-electron chi connectivity index (χ3n) is 2.74. The molecule has 0 saturated carbocycles. The Hall–Kier alpha value is -0.840. The van der Waals surface area contributed by atoms with Crippen molar-refractivity contribution in [1.82, 2.24) is 9.29 Å². The van der Waals surface area contributed by atoms with Gasteiger partial charge in [0.1, 0.15) is 6.04 Å². The van der Waals surface area contributed by atoms with E-state index < -0.39 is 32.3 Å². The van der Waals surface area contributed by atoms with Gasteiger partial charge >= 0.3 is 10.8 Å². The minimum absolute atomic E-state index is 0.113. The van der Waals surface area contributed by atoms with Gasteiger partial charge in [0, 0.05) is 11.4 Å². The van der Waals surface area contributed by atoms with Crippen molar-refractivity contribution in [3.63, 3.8) is 0 Å².